The third-order valence-electron chi connectivity index (χ3n) is 3.58. The van der Waals surface area contributed by atoms with Crippen molar-refractivity contribution in [3.8, 4) is 5.69 Å². The number of hydrogen-bond acceptors (Lipinski definition) is 2. The molecule has 0 spiro atoms. The first-order valence-electron chi connectivity index (χ1n) is 6.28. The zero-order valence-electron chi connectivity index (χ0n) is 10.4. The number of nitrogens with one attached hydrogen (secondary N) is 1. The summed E-state index contributed by atoms with van der Waals surface area (Å²) in [4.78, 5) is 4.32. The lowest BCUT2D eigenvalue weighted by molar-refractivity contribution is 0.614. The molecule has 0 aliphatic carbocycles. The van der Waals surface area contributed by atoms with E-state index in [2.05, 4.69) is 55.9 Å². The summed E-state index contributed by atoms with van der Waals surface area (Å²) < 4.78 is 3.34. The van der Waals surface area contributed by atoms with E-state index >= 15 is 0 Å². The molecular weight excluding hydrogens is 290 g/mol. The Morgan fingerprint density at radius 3 is 3.11 bits per heavy atom. The summed E-state index contributed by atoms with van der Waals surface area (Å²) in [6.07, 6.45) is 6.32. The predicted octanol–water partition coefficient (Wildman–Crippen LogP) is 3.37. The third kappa shape index (κ3) is 1.99. The molecule has 2 heterocycles. The first kappa shape index (κ1) is 11.9. The van der Waals surface area contributed by atoms with Crippen molar-refractivity contribution in [1.82, 2.24) is 14.9 Å². The van der Waals surface area contributed by atoms with Gasteiger partial charge in [-0.1, -0.05) is 22.0 Å². The fourth-order valence-electron chi connectivity index (χ4n) is 2.56. The molecule has 1 aromatic heterocycles. The highest BCUT2D eigenvalue weighted by molar-refractivity contribution is 9.10. The van der Waals surface area contributed by atoms with Gasteiger partial charge in [0.25, 0.3) is 0 Å². The zero-order valence-corrected chi connectivity index (χ0v) is 11.9. The molecule has 1 N–H and O–H groups in total. The van der Waals surface area contributed by atoms with E-state index in [1.54, 1.807) is 0 Å². The Labute approximate surface area is 115 Å². The monoisotopic (exact) mass is 305 g/mol. The van der Waals surface area contributed by atoms with Gasteiger partial charge in [0.15, 0.2) is 0 Å². The zero-order chi connectivity index (χ0) is 12.5. The van der Waals surface area contributed by atoms with Gasteiger partial charge in [-0.2, -0.15) is 0 Å². The Hall–Kier alpha value is -1.13. The van der Waals surface area contributed by atoms with Crippen LogP contribution in [0.3, 0.4) is 0 Å². The van der Waals surface area contributed by atoms with Crippen LogP contribution in [0.5, 0.6) is 0 Å². The van der Waals surface area contributed by atoms with E-state index in [4.69, 9.17) is 0 Å². The van der Waals surface area contributed by atoms with Gasteiger partial charge in [0.2, 0.25) is 0 Å². The molecule has 1 fully saturated rings. The van der Waals surface area contributed by atoms with Crippen LogP contribution in [0.15, 0.2) is 35.2 Å². The van der Waals surface area contributed by atoms with Crippen LogP contribution in [0.4, 0.5) is 0 Å². The van der Waals surface area contributed by atoms with E-state index < -0.39 is 0 Å². The molecule has 94 valence electrons. The molecule has 2 aromatic rings. The Balaban J connectivity index is 2.06. The summed E-state index contributed by atoms with van der Waals surface area (Å²) in [7, 11) is 0. The average molecular weight is 306 g/mol. The molecule has 0 amide bonds. The molecule has 1 aliphatic rings. The van der Waals surface area contributed by atoms with Gasteiger partial charge in [-0.3, -0.25) is 0 Å². The number of benzene rings is 1. The number of rotatable bonds is 2. The van der Waals surface area contributed by atoms with Crippen LogP contribution < -0.4 is 5.32 Å². The van der Waals surface area contributed by atoms with Crippen LogP contribution in [-0.4, -0.2) is 16.1 Å². The maximum Gasteiger partial charge on any atom is 0.0994 e. The summed E-state index contributed by atoms with van der Waals surface area (Å²) in [5.74, 6) is 0. The Morgan fingerprint density at radius 2 is 2.33 bits per heavy atom. The molecule has 4 heteroatoms. The molecule has 1 aliphatic heterocycles. The van der Waals surface area contributed by atoms with Crippen molar-refractivity contribution in [1.29, 1.82) is 0 Å². The number of hydrogen-bond donors (Lipinski definition) is 1. The second-order valence-electron chi connectivity index (χ2n) is 4.72. The second kappa shape index (κ2) is 4.86. The molecule has 18 heavy (non-hydrogen) atoms. The fourth-order valence-corrected chi connectivity index (χ4v) is 2.91. The van der Waals surface area contributed by atoms with E-state index in [0.29, 0.717) is 6.04 Å². The summed E-state index contributed by atoms with van der Waals surface area (Å²) >= 11 is 3.59. The van der Waals surface area contributed by atoms with Gasteiger partial charge >= 0.3 is 0 Å². The van der Waals surface area contributed by atoms with Crippen LogP contribution in [0.25, 0.3) is 5.69 Å². The topological polar surface area (TPSA) is 29.9 Å². The van der Waals surface area contributed by atoms with E-state index in [1.165, 1.54) is 29.8 Å². The maximum atomic E-state index is 4.32. The molecular formula is C14H16BrN3. The smallest absolute Gasteiger partial charge is 0.0994 e. The van der Waals surface area contributed by atoms with E-state index in [9.17, 15) is 0 Å². The minimum atomic E-state index is 0.436. The van der Waals surface area contributed by atoms with Crippen LogP contribution >= 0.6 is 15.9 Å². The normalized spacial score (nSPS) is 19.3. The lowest BCUT2D eigenvalue weighted by atomic mass is 10.1. The van der Waals surface area contributed by atoms with Gasteiger partial charge in [0.1, 0.15) is 0 Å². The highest BCUT2D eigenvalue weighted by Crippen LogP contribution is 2.28. The summed E-state index contributed by atoms with van der Waals surface area (Å²) in [6.45, 7) is 3.23. The van der Waals surface area contributed by atoms with Gasteiger partial charge in [-0.15, -0.1) is 0 Å². The van der Waals surface area contributed by atoms with Crippen LogP contribution in [-0.2, 0) is 0 Å². The van der Waals surface area contributed by atoms with Gasteiger partial charge in [-0.25, -0.2) is 4.98 Å². The van der Waals surface area contributed by atoms with Crippen molar-refractivity contribution in [2.45, 2.75) is 25.8 Å². The van der Waals surface area contributed by atoms with Crippen molar-refractivity contribution < 1.29 is 0 Å². The summed E-state index contributed by atoms with van der Waals surface area (Å²) in [5, 5.41) is 3.53. The highest BCUT2D eigenvalue weighted by atomic mass is 79.9. The lowest BCUT2D eigenvalue weighted by Crippen LogP contribution is -2.16. The van der Waals surface area contributed by atoms with Gasteiger partial charge in [0.05, 0.1) is 23.9 Å². The second-order valence-corrected chi connectivity index (χ2v) is 5.58. The Kier molecular flexibility index (Phi) is 3.22. The average Bonchev–Trinajstić information content (AvgIpc) is 3.01. The lowest BCUT2D eigenvalue weighted by Gasteiger charge is -2.16. The van der Waals surface area contributed by atoms with Crippen molar-refractivity contribution in [2.75, 3.05) is 6.54 Å². The Morgan fingerprint density at radius 1 is 1.44 bits per heavy atom. The molecule has 0 saturated carbocycles. The molecule has 3 rings (SSSR count). The SMILES string of the molecule is Cc1c(Br)cccc1-n1cncc1C1CCCN1. The predicted molar refractivity (Wildman–Crippen MR) is 76.0 cm³/mol. The van der Waals surface area contributed by atoms with Crippen LogP contribution in [0.1, 0.15) is 30.1 Å². The number of nitrogens with zero attached hydrogens (tertiary/aromatic N) is 2. The van der Waals surface area contributed by atoms with Gasteiger partial charge in [-0.05, 0) is 44.0 Å². The molecule has 1 atom stereocenters. The molecule has 1 unspecified atom stereocenters. The molecule has 0 bridgehead atoms. The third-order valence-corrected chi connectivity index (χ3v) is 4.44. The van der Waals surface area contributed by atoms with Crippen molar-refractivity contribution in [3.05, 3.63) is 46.5 Å². The first-order valence-corrected chi connectivity index (χ1v) is 7.08. The van der Waals surface area contributed by atoms with Gasteiger partial charge in [0, 0.05) is 10.5 Å². The van der Waals surface area contributed by atoms with Crippen molar-refractivity contribution in [2.24, 2.45) is 0 Å². The van der Waals surface area contributed by atoms with Crippen LogP contribution in [0.2, 0.25) is 0 Å². The van der Waals surface area contributed by atoms with E-state index in [-0.39, 0.29) is 0 Å². The number of halogens is 1. The molecule has 1 aromatic carbocycles. The van der Waals surface area contributed by atoms with Gasteiger partial charge < -0.3 is 9.88 Å². The van der Waals surface area contributed by atoms with E-state index in [0.717, 1.165) is 11.0 Å². The summed E-state index contributed by atoms with van der Waals surface area (Å²) in [6, 6.07) is 6.72. The number of imidazole rings is 1. The number of aromatic nitrogens is 2. The largest absolute Gasteiger partial charge is 0.309 e. The maximum absolute atomic E-state index is 4.32. The van der Waals surface area contributed by atoms with Crippen molar-refractivity contribution in [3.63, 3.8) is 0 Å². The highest BCUT2D eigenvalue weighted by Gasteiger charge is 2.20. The standard InChI is InChI=1S/C14H16BrN3/c1-10-11(15)4-2-6-13(10)18-9-16-8-14(18)12-5-3-7-17-12/h2,4,6,8-9,12,17H,3,5,7H2,1H3. The summed E-state index contributed by atoms with van der Waals surface area (Å²) in [5.41, 5.74) is 3.70. The quantitative estimate of drug-likeness (QED) is 0.922. The molecule has 0 radical (unpaired) electrons. The fraction of sp³-hybridized carbons (Fsp3) is 0.357. The Bertz CT molecular complexity index is 556. The minimum absolute atomic E-state index is 0.436. The molecule has 1 saturated heterocycles. The molecule has 3 nitrogen and oxygen atoms in total. The first-order chi connectivity index (χ1) is 8.77. The van der Waals surface area contributed by atoms with Crippen LogP contribution in [0, 0.1) is 6.92 Å². The van der Waals surface area contributed by atoms with Crippen molar-refractivity contribution >= 4 is 15.9 Å². The minimum Gasteiger partial charge on any atom is -0.309 e. The van der Waals surface area contributed by atoms with E-state index in [1.807, 2.05) is 12.5 Å².